The fourth-order valence-corrected chi connectivity index (χ4v) is 1.81. The van der Waals surface area contributed by atoms with Crippen molar-refractivity contribution in [1.29, 1.82) is 0 Å². The molecule has 0 saturated heterocycles. The van der Waals surface area contributed by atoms with Gasteiger partial charge in [-0.25, -0.2) is 4.79 Å². The molecule has 110 valence electrons. The molecular weight excluding hydrogens is 256 g/mol. The number of nitrogens with zero attached hydrogens (tertiary/aromatic N) is 1. The maximum absolute atomic E-state index is 11.5. The highest BCUT2D eigenvalue weighted by atomic mass is 16.5. The van der Waals surface area contributed by atoms with E-state index in [4.69, 9.17) is 4.74 Å². The van der Waals surface area contributed by atoms with E-state index in [-0.39, 0.29) is 5.91 Å². The van der Waals surface area contributed by atoms with E-state index in [9.17, 15) is 9.59 Å². The van der Waals surface area contributed by atoms with Crippen LogP contribution in [0.4, 0.5) is 4.79 Å². The Balaban J connectivity index is 2.33. The van der Waals surface area contributed by atoms with Gasteiger partial charge >= 0.3 is 6.09 Å². The molecule has 2 amide bonds. The lowest BCUT2D eigenvalue weighted by Crippen LogP contribution is -2.38. The minimum atomic E-state index is -0.445. The van der Waals surface area contributed by atoms with Gasteiger partial charge in [-0.15, -0.1) is 0 Å². The number of alkyl carbamates (subject to hydrolysis) is 1. The molecule has 0 aromatic heterocycles. The number of carbonyl (C=O) groups is 2. The highest BCUT2D eigenvalue weighted by Gasteiger charge is 2.09. The van der Waals surface area contributed by atoms with Crippen molar-refractivity contribution in [2.24, 2.45) is 0 Å². The second kappa shape index (κ2) is 8.96. The zero-order valence-corrected chi connectivity index (χ0v) is 12.1. The van der Waals surface area contributed by atoms with Crippen LogP contribution in [0.25, 0.3) is 0 Å². The summed E-state index contributed by atoms with van der Waals surface area (Å²) in [6.07, 6.45) is 0.360. The summed E-state index contributed by atoms with van der Waals surface area (Å²) in [6, 6.07) is 10.0. The smallest absolute Gasteiger partial charge is 0.407 e. The summed E-state index contributed by atoms with van der Waals surface area (Å²) in [5, 5.41) is 2.61. The van der Waals surface area contributed by atoms with Gasteiger partial charge in [0.05, 0.1) is 6.61 Å². The van der Waals surface area contributed by atoms with E-state index in [1.54, 1.807) is 11.8 Å². The zero-order chi connectivity index (χ0) is 14.8. The third kappa shape index (κ3) is 6.22. The number of nitrogens with one attached hydrogen (secondary N) is 1. The number of ether oxygens (including phenoxy) is 1. The second-order valence-corrected chi connectivity index (χ2v) is 4.39. The molecule has 20 heavy (non-hydrogen) atoms. The molecule has 0 unspecified atom stereocenters. The molecule has 0 aliphatic heterocycles. The van der Waals surface area contributed by atoms with Crippen molar-refractivity contribution in [3.8, 4) is 0 Å². The quantitative estimate of drug-likeness (QED) is 0.827. The predicted octanol–water partition coefficient (Wildman–Crippen LogP) is 1.82. The molecule has 0 atom stereocenters. The van der Waals surface area contributed by atoms with Crippen LogP contribution in [0, 0.1) is 0 Å². The first kappa shape index (κ1) is 16.0. The molecule has 0 aliphatic rings. The monoisotopic (exact) mass is 278 g/mol. The maximum atomic E-state index is 11.5. The molecular formula is C15H22N2O3. The Morgan fingerprint density at radius 2 is 1.90 bits per heavy atom. The normalized spacial score (nSPS) is 9.90. The fourth-order valence-electron chi connectivity index (χ4n) is 1.81. The van der Waals surface area contributed by atoms with E-state index in [2.05, 4.69) is 5.32 Å². The van der Waals surface area contributed by atoms with Gasteiger partial charge in [0.15, 0.2) is 0 Å². The first-order valence-electron chi connectivity index (χ1n) is 6.83. The van der Waals surface area contributed by atoms with E-state index < -0.39 is 6.09 Å². The second-order valence-electron chi connectivity index (χ2n) is 4.39. The van der Waals surface area contributed by atoms with Crippen LogP contribution in [0.15, 0.2) is 30.3 Å². The van der Waals surface area contributed by atoms with Gasteiger partial charge in [-0.3, -0.25) is 4.79 Å². The Kier molecular flexibility index (Phi) is 7.17. The van der Waals surface area contributed by atoms with Crippen molar-refractivity contribution < 1.29 is 14.3 Å². The van der Waals surface area contributed by atoms with E-state index in [0.29, 0.717) is 26.2 Å². The van der Waals surface area contributed by atoms with Crippen molar-refractivity contribution in [2.75, 3.05) is 26.2 Å². The topological polar surface area (TPSA) is 58.6 Å². The summed E-state index contributed by atoms with van der Waals surface area (Å²) in [7, 11) is 0. The lowest BCUT2D eigenvalue weighted by molar-refractivity contribution is -0.128. The molecule has 0 bridgehead atoms. The highest BCUT2D eigenvalue weighted by Crippen LogP contribution is 2.01. The van der Waals surface area contributed by atoms with Crippen molar-refractivity contribution in [3.63, 3.8) is 0 Å². The van der Waals surface area contributed by atoms with Crippen LogP contribution in [0.3, 0.4) is 0 Å². The molecule has 0 saturated carbocycles. The molecule has 1 aromatic rings. The number of hydrogen-bond donors (Lipinski definition) is 1. The molecule has 0 spiro atoms. The van der Waals surface area contributed by atoms with Crippen LogP contribution in [-0.2, 0) is 16.0 Å². The molecule has 5 nitrogen and oxygen atoms in total. The fraction of sp³-hybridized carbons (Fsp3) is 0.467. The average molecular weight is 278 g/mol. The standard InChI is InChI=1S/C15H22N2O3/c1-3-20-15(19)16-10-12-17(13(2)18)11-9-14-7-5-4-6-8-14/h4-8H,3,9-12H2,1-2H3,(H,16,19). The van der Waals surface area contributed by atoms with Crippen LogP contribution in [0.1, 0.15) is 19.4 Å². The summed E-state index contributed by atoms with van der Waals surface area (Å²) in [5.41, 5.74) is 1.19. The van der Waals surface area contributed by atoms with Gasteiger partial charge in [0.25, 0.3) is 0 Å². The molecule has 5 heteroatoms. The zero-order valence-electron chi connectivity index (χ0n) is 12.1. The van der Waals surface area contributed by atoms with E-state index in [0.717, 1.165) is 6.42 Å². The Bertz CT molecular complexity index is 420. The van der Waals surface area contributed by atoms with Gasteiger partial charge in [-0.2, -0.15) is 0 Å². The molecule has 1 aromatic carbocycles. The van der Waals surface area contributed by atoms with Crippen molar-refractivity contribution in [1.82, 2.24) is 10.2 Å². The summed E-state index contributed by atoms with van der Waals surface area (Å²) in [6.45, 7) is 5.16. The average Bonchev–Trinajstić information content (AvgIpc) is 2.43. The third-order valence-electron chi connectivity index (χ3n) is 2.89. The Labute approximate surface area is 119 Å². The highest BCUT2D eigenvalue weighted by molar-refractivity contribution is 5.73. The first-order chi connectivity index (χ1) is 9.63. The predicted molar refractivity (Wildman–Crippen MR) is 77.4 cm³/mol. The molecule has 1 rings (SSSR count). The SMILES string of the molecule is CCOC(=O)NCCN(CCc1ccccc1)C(C)=O. The lowest BCUT2D eigenvalue weighted by atomic mass is 10.1. The number of hydrogen-bond acceptors (Lipinski definition) is 3. The van der Waals surface area contributed by atoms with Crippen molar-refractivity contribution in [2.45, 2.75) is 20.3 Å². The molecule has 0 radical (unpaired) electrons. The van der Waals surface area contributed by atoms with Gasteiger partial charge in [0.2, 0.25) is 5.91 Å². The van der Waals surface area contributed by atoms with Crippen LogP contribution in [-0.4, -0.2) is 43.1 Å². The van der Waals surface area contributed by atoms with Crippen molar-refractivity contribution >= 4 is 12.0 Å². The molecule has 0 heterocycles. The van der Waals surface area contributed by atoms with Crippen LogP contribution in [0.5, 0.6) is 0 Å². The lowest BCUT2D eigenvalue weighted by Gasteiger charge is -2.21. The van der Waals surface area contributed by atoms with E-state index in [1.807, 2.05) is 30.3 Å². The van der Waals surface area contributed by atoms with Crippen LogP contribution in [0.2, 0.25) is 0 Å². The van der Waals surface area contributed by atoms with Crippen LogP contribution >= 0.6 is 0 Å². The summed E-state index contributed by atoms with van der Waals surface area (Å²) >= 11 is 0. The molecule has 1 N–H and O–H groups in total. The number of amides is 2. The number of rotatable bonds is 7. The largest absolute Gasteiger partial charge is 0.450 e. The first-order valence-corrected chi connectivity index (χ1v) is 6.83. The Morgan fingerprint density at radius 3 is 2.50 bits per heavy atom. The van der Waals surface area contributed by atoms with E-state index >= 15 is 0 Å². The minimum absolute atomic E-state index is 0.00610. The van der Waals surface area contributed by atoms with Crippen molar-refractivity contribution in [3.05, 3.63) is 35.9 Å². The van der Waals surface area contributed by atoms with E-state index in [1.165, 1.54) is 12.5 Å². The van der Waals surface area contributed by atoms with Gasteiger partial charge in [-0.05, 0) is 18.9 Å². The van der Waals surface area contributed by atoms with Gasteiger partial charge < -0.3 is 15.0 Å². The van der Waals surface area contributed by atoms with Gasteiger partial charge in [-0.1, -0.05) is 30.3 Å². The summed E-state index contributed by atoms with van der Waals surface area (Å²) < 4.78 is 4.76. The Hall–Kier alpha value is -2.04. The minimum Gasteiger partial charge on any atom is -0.450 e. The number of benzene rings is 1. The maximum Gasteiger partial charge on any atom is 0.407 e. The van der Waals surface area contributed by atoms with Gasteiger partial charge in [0, 0.05) is 26.6 Å². The van der Waals surface area contributed by atoms with Gasteiger partial charge in [0.1, 0.15) is 0 Å². The summed E-state index contributed by atoms with van der Waals surface area (Å²) in [5.74, 6) is 0.00610. The Morgan fingerprint density at radius 1 is 1.20 bits per heavy atom. The van der Waals surface area contributed by atoms with Crippen LogP contribution < -0.4 is 5.32 Å². The molecule has 0 aliphatic carbocycles. The number of carbonyl (C=O) groups excluding carboxylic acids is 2. The summed E-state index contributed by atoms with van der Waals surface area (Å²) in [4.78, 5) is 24.4. The molecule has 0 fully saturated rings. The third-order valence-corrected chi connectivity index (χ3v) is 2.89.